The molecule has 2 fully saturated rings. The average molecular weight is 291 g/mol. The summed E-state index contributed by atoms with van der Waals surface area (Å²) in [5, 5.41) is 0. The van der Waals surface area contributed by atoms with Crippen molar-refractivity contribution in [1.29, 1.82) is 0 Å². The molecule has 0 aromatic carbocycles. The Hall–Kier alpha value is -1.56. The lowest BCUT2D eigenvalue weighted by Crippen LogP contribution is -2.41. The molecule has 3 rings (SSSR count). The van der Waals surface area contributed by atoms with Crippen LogP contribution in [0.4, 0.5) is 11.5 Å². The summed E-state index contributed by atoms with van der Waals surface area (Å²) in [5.74, 6) is 1.33. The van der Waals surface area contributed by atoms with E-state index < -0.39 is 0 Å². The average Bonchev–Trinajstić information content (AvgIpc) is 3.00. The topological polar surface area (TPSA) is 67.5 Å². The molecule has 0 bridgehead atoms. The molecule has 0 radical (unpaired) electrons. The van der Waals surface area contributed by atoms with E-state index in [1.54, 1.807) is 6.33 Å². The molecule has 2 N–H and O–H groups in total. The second kappa shape index (κ2) is 6.47. The van der Waals surface area contributed by atoms with Crippen LogP contribution in [0.2, 0.25) is 0 Å². The van der Waals surface area contributed by atoms with Gasteiger partial charge >= 0.3 is 0 Å². The number of rotatable bonds is 4. The summed E-state index contributed by atoms with van der Waals surface area (Å²) in [7, 11) is 0. The number of nitrogens with two attached hydrogens (primary N) is 1. The molecule has 0 saturated carbocycles. The van der Waals surface area contributed by atoms with Gasteiger partial charge in [0.05, 0.1) is 6.61 Å². The molecule has 1 aromatic heterocycles. The number of hydrogen-bond donors (Lipinski definition) is 1. The molecular formula is C15H25N5O. The van der Waals surface area contributed by atoms with Crippen LogP contribution in [0.5, 0.6) is 5.88 Å². The quantitative estimate of drug-likeness (QED) is 0.907. The van der Waals surface area contributed by atoms with Crippen molar-refractivity contribution < 1.29 is 4.74 Å². The highest BCUT2D eigenvalue weighted by atomic mass is 16.5. The minimum atomic E-state index is 0.504. The molecule has 0 aliphatic carbocycles. The summed E-state index contributed by atoms with van der Waals surface area (Å²) in [6, 6.07) is 0.634. The van der Waals surface area contributed by atoms with Crippen molar-refractivity contribution in [3.8, 4) is 5.88 Å². The normalized spacial score (nSPS) is 23.5. The van der Waals surface area contributed by atoms with Gasteiger partial charge in [0.2, 0.25) is 5.88 Å². The third kappa shape index (κ3) is 3.05. The van der Waals surface area contributed by atoms with Crippen LogP contribution in [0.25, 0.3) is 0 Å². The molecule has 0 spiro atoms. The lowest BCUT2D eigenvalue weighted by atomic mass is 10.1. The fourth-order valence-electron chi connectivity index (χ4n) is 3.39. The number of aromatic nitrogens is 2. The zero-order valence-electron chi connectivity index (χ0n) is 12.8. The maximum absolute atomic E-state index is 6.17. The van der Waals surface area contributed by atoms with Crippen molar-refractivity contribution >= 4 is 11.5 Å². The van der Waals surface area contributed by atoms with Gasteiger partial charge in [-0.15, -0.1) is 0 Å². The fourth-order valence-corrected chi connectivity index (χ4v) is 3.39. The van der Waals surface area contributed by atoms with Gasteiger partial charge in [0, 0.05) is 19.1 Å². The lowest BCUT2D eigenvalue weighted by molar-refractivity contribution is 0.175. The molecule has 1 aromatic rings. The summed E-state index contributed by atoms with van der Waals surface area (Å²) in [4.78, 5) is 13.4. The Morgan fingerprint density at radius 1 is 1.24 bits per heavy atom. The largest absolute Gasteiger partial charge is 0.476 e. The molecule has 2 saturated heterocycles. The van der Waals surface area contributed by atoms with E-state index in [0.29, 0.717) is 24.2 Å². The summed E-state index contributed by atoms with van der Waals surface area (Å²) in [6.45, 7) is 6.99. The van der Waals surface area contributed by atoms with Crippen LogP contribution in [0.3, 0.4) is 0 Å². The summed E-state index contributed by atoms with van der Waals surface area (Å²) < 4.78 is 5.47. The van der Waals surface area contributed by atoms with Gasteiger partial charge in [-0.25, -0.2) is 4.98 Å². The molecule has 6 nitrogen and oxygen atoms in total. The van der Waals surface area contributed by atoms with Crippen molar-refractivity contribution in [3.05, 3.63) is 6.33 Å². The van der Waals surface area contributed by atoms with Crippen molar-refractivity contribution in [2.75, 3.05) is 43.4 Å². The summed E-state index contributed by atoms with van der Waals surface area (Å²) in [5.41, 5.74) is 6.74. The van der Waals surface area contributed by atoms with Crippen molar-refractivity contribution in [3.63, 3.8) is 0 Å². The standard InChI is InChI=1S/C15H25N5O/c1-2-21-15-13(16)14(17-11-18-15)20-9-6-12(10-20)19-7-4-3-5-8-19/h11-12H,2-10,16H2,1H3. The third-order valence-corrected chi connectivity index (χ3v) is 4.48. The van der Waals surface area contributed by atoms with Gasteiger partial charge in [-0.05, 0) is 39.3 Å². The maximum atomic E-state index is 6.17. The highest BCUT2D eigenvalue weighted by Crippen LogP contribution is 2.31. The fraction of sp³-hybridized carbons (Fsp3) is 0.733. The van der Waals surface area contributed by atoms with Gasteiger partial charge in [-0.3, -0.25) is 4.90 Å². The smallest absolute Gasteiger partial charge is 0.242 e. The molecule has 0 amide bonds. The van der Waals surface area contributed by atoms with Crippen LogP contribution in [-0.4, -0.2) is 53.7 Å². The zero-order chi connectivity index (χ0) is 14.7. The number of nitrogen functional groups attached to an aromatic ring is 1. The van der Waals surface area contributed by atoms with Gasteiger partial charge in [0.15, 0.2) is 5.82 Å². The van der Waals surface area contributed by atoms with Crippen LogP contribution in [0, 0.1) is 0 Å². The molecule has 116 valence electrons. The van der Waals surface area contributed by atoms with Gasteiger partial charge in [0.1, 0.15) is 12.0 Å². The zero-order valence-corrected chi connectivity index (χ0v) is 12.8. The Labute approximate surface area is 126 Å². The Morgan fingerprint density at radius 2 is 2.05 bits per heavy atom. The number of piperidine rings is 1. The predicted octanol–water partition coefficient (Wildman–Crippen LogP) is 1.52. The number of ether oxygens (including phenoxy) is 1. The number of hydrogen-bond acceptors (Lipinski definition) is 6. The van der Waals surface area contributed by atoms with E-state index in [1.807, 2.05) is 6.92 Å². The minimum absolute atomic E-state index is 0.504. The first-order valence-electron chi connectivity index (χ1n) is 8.02. The highest BCUT2D eigenvalue weighted by molar-refractivity contribution is 5.68. The van der Waals surface area contributed by atoms with E-state index in [1.165, 1.54) is 38.8 Å². The van der Waals surface area contributed by atoms with Crippen molar-refractivity contribution in [2.24, 2.45) is 0 Å². The first-order valence-corrected chi connectivity index (χ1v) is 8.02. The minimum Gasteiger partial charge on any atom is -0.476 e. The van der Waals surface area contributed by atoms with Crippen LogP contribution < -0.4 is 15.4 Å². The predicted molar refractivity (Wildman–Crippen MR) is 83.7 cm³/mol. The number of likely N-dealkylation sites (tertiary alicyclic amines) is 1. The van der Waals surface area contributed by atoms with Crippen LogP contribution in [0.1, 0.15) is 32.6 Å². The molecule has 2 aliphatic rings. The summed E-state index contributed by atoms with van der Waals surface area (Å²) >= 11 is 0. The number of nitrogens with zero attached hydrogens (tertiary/aromatic N) is 4. The van der Waals surface area contributed by atoms with Crippen molar-refractivity contribution in [2.45, 2.75) is 38.6 Å². The first-order chi connectivity index (χ1) is 10.3. The lowest BCUT2D eigenvalue weighted by Gasteiger charge is -2.32. The van der Waals surface area contributed by atoms with Gasteiger partial charge in [-0.2, -0.15) is 4.98 Å². The van der Waals surface area contributed by atoms with Gasteiger partial charge in [0.25, 0.3) is 0 Å². The molecule has 6 heteroatoms. The van der Waals surface area contributed by atoms with E-state index in [4.69, 9.17) is 10.5 Å². The Balaban J connectivity index is 1.69. The second-order valence-corrected chi connectivity index (χ2v) is 5.83. The van der Waals surface area contributed by atoms with Gasteiger partial charge < -0.3 is 15.4 Å². The van der Waals surface area contributed by atoms with Crippen molar-refractivity contribution in [1.82, 2.24) is 14.9 Å². The van der Waals surface area contributed by atoms with Crippen LogP contribution in [0.15, 0.2) is 6.33 Å². The molecule has 2 aliphatic heterocycles. The summed E-state index contributed by atoms with van der Waals surface area (Å²) in [6.07, 6.45) is 6.78. The monoisotopic (exact) mass is 291 g/mol. The molecule has 1 unspecified atom stereocenters. The SMILES string of the molecule is CCOc1ncnc(N2CCC(N3CCCCC3)C2)c1N. The molecule has 21 heavy (non-hydrogen) atoms. The van der Waals surface area contributed by atoms with E-state index in [0.717, 1.165) is 18.9 Å². The maximum Gasteiger partial charge on any atom is 0.242 e. The van der Waals surface area contributed by atoms with E-state index >= 15 is 0 Å². The van der Waals surface area contributed by atoms with E-state index in [9.17, 15) is 0 Å². The van der Waals surface area contributed by atoms with E-state index in [2.05, 4.69) is 19.8 Å². The van der Waals surface area contributed by atoms with E-state index in [-0.39, 0.29) is 0 Å². The first kappa shape index (κ1) is 14.4. The van der Waals surface area contributed by atoms with Gasteiger partial charge in [-0.1, -0.05) is 6.42 Å². The Kier molecular flexibility index (Phi) is 4.43. The molecule has 3 heterocycles. The molecule has 1 atom stereocenters. The Morgan fingerprint density at radius 3 is 2.81 bits per heavy atom. The highest BCUT2D eigenvalue weighted by Gasteiger charge is 2.30. The number of anilines is 2. The Bertz CT molecular complexity index is 475. The van der Waals surface area contributed by atoms with Crippen LogP contribution >= 0.6 is 0 Å². The third-order valence-electron chi connectivity index (χ3n) is 4.48. The second-order valence-electron chi connectivity index (χ2n) is 5.83. The molecular weight excluding hydrogens is 266 g/mol. The van der Waals surface area contributed by atoms with Crippen LogP contribution in [-0.2, 0) is 0 Å².